The van der Waals surface area contributed by atoms with Crippen LogP contribution in [0.2, 0.25) is 18.1 Å². The van der Waals surface area contributed by atoms with Gasteiger partial charge in [-0.2, -0.15) is 0 Å². The van der Waals surface area contributed by atoms with Crippen molar-refractivity contribution < 1.29 is 13.6 Å². The summed E-state index contributed by atoms with van der Waals surface area (Å²) in [5.74, 6) is 0.757. The molecule has 0 saturated carbocycles. The van der Waals surface area contributed by atoms with Crippen LogP contribution in [-0.4, -0.2) is 50.3 Å². The van der Waals surface area contributed by atoms with Crippen LogP contribution in [0.4, 0.5) is 15.8 Å². The van der Waals surface area contributed by atoms with Crippen LogP contribution in [-0.2, 0) is 16.2 Å². The molecule has 234 valence electrons. The van der Waals surface area contributed by atoms with Gasteiger partial charge in [-0.15, -0.1) is 0 Å². The zero-order valence-electron chi connectivity index (χ0n) is 27.2. The maximum absolute atomic E-state index is 14.7. The van der Waals surface area contributed by atoms with Crippen molar-refractivity contribution in [2.45, 2.75) is 96.5 Å². The smallest absolute Gasteiger partial charge is 0.261 e. The Labute approximate surface area is 256 Å². The van der Waals surface area contributed by atoms with E-state index < -0.39 is 8.32 Å². The molecule has 3 heterocycles. The topological polar surface area (TPSA) is 68.6 Å². The summed E-state index contributed by atoms with van der Waals surface area (Å²) < 4.78 is 28.8. The number of benzene rings is 2. The van der Waals surface area contributed by atoms with Gasteiger partial charge in [-0.25, -0.2) is 9.37 Å². The Morgan fingerprint density at radius 1 is 1.14 bits per heavy atom. The van der Waals surface area contributed by atoms with E-state index in [1.54, 1.807) is 10.6 Å². The van der Waals surface area contributed by atoms with Gasteiger partial charge in [0.2, 0.25) is 0 Å². The SMILES string of the molecule is Cc1cc([C@@H](C)Nc2ccc(F)cc2N2CCC[C@H](O[Si](C)(C)C(C)(C)C)C2)c2nc(C3CCOCC3)n(C)c(=O)c2c1. The molecular weight excluding hydrogens is 559 g/mol. The quantitative estimate of drug-likeness (QED) is 0.281. The second kappa shape index (κ2) is 12.3. The van der Waals surface area contributed by atoms with Gasteiger partial charge in [0.25, 0.3) is 5.56 Å². The number of nitrogens with one attached hydrogen (secondary N) is 1. The summed E-state index contributed by atoms with van der Waals surface area (Å²) in [6.07, 6.45) is 3.84. The number of hydrogen-bond donors (Lipinski definition) is 1. The third kappa shape index (κ3) is 6.69. The van der Waals surface area contributed by atoms with Crippen LogP contribution in [0.1, 0.15) is 82.3 Å². The molecule has 3 aromatic rings. The number of piperidine rings is 1. The highest BCUT2D eigenvalue weighted by atomic mass is 28.4. The van der Waals surface area contributed by atoms with Crippen molar-refractivity contribution in [3.05, 3.63) is 63.5 Å². The number of aryl methyl sites for hydroxylation is 1. The fourth-order valence-electron chi connectivity index (χ4n) is 6.27. The lowest BCUT2D eigenvalue weighted by molar-refractivity contribution is 0.0828. The van der Waals surface area contributed by atoms with E-state index in [2.05, 4.69) is 57.1 Å². The Balaban J connectivity index is 1.47. The fourth-order valence-corrected chi connectivity index (χ4v) is 7.65. The van der Waals surface area contributed by atoms with E-state index in [0.29, 0.717) is 18.6 Å². The highest BCUT2D eigenvalue weighted by Crippen LogP contribution is 2.39. The first-order valence-corrected chi connectivity index (χ1v) is 18.7. The Morgan fingerprint density at radius 2 is 1.86 bits per heavy atom. The van der Waals surface area contributed by atoms with Crippen LogP contribution in [0.5, 0.6) is 0 Å². The molecule has 0 radical (unpaired) electrons. The Bertz CT molecular complexity index is 1530. The largest absolute Gasteiger partial charge is 0.412 e. The molecule has 0 amide bonds. The van der Waals surface area contributed by atoms with Crippen molar-refractivity contribution in [2.75, 3.05) is 36.5 Å². The predicted octanol–water partition coefficient (Wildman–Crippen LogP) is 7.44. The lowest BCUT2D eigenvalue weighted by Gasteiger charge is -2.43. The molecule has 9 heteroatoms. The number of aromatic nitrogens is 2. The number of anilines is 2. The fraction of sp³-hybridized carbons (Fsp3) is 0.588. The molecule has 0 unspecified atom stereocenters. The van der Waals surface area contributed by atoms with Crippen molar-refractivity contribution in [1.29, 1.82) is 0 Å². The van der Waals surface area contributed by atoms with Crippen LogP contribution in [0, 0.1) is 12.7 Å². The maximum atomic E-state index is 14.7. The first-order chi connectivity index (χ1) is 20.2. The summed E-state index contributed by atoms with van der Waals surface area (Å²) >= 11 is 0. The lowest BCUT2D eigenvalue weighted by atomic mass is 9.97. The molecule has 2 saturated heterocycles. The summed E-state index contributed by atoms with van der Waals surface area (Å²) in [4.78, 5) is 21.0. The normalized spacial score (nSPS) is 19.6. The predicted molar refractivity (Wildman–Crippen MR) is 176 cm³/mol. The molecule has 0 aliphatic carbocycles. The highest BCUT2D eigenvalue weighted by molar-refractivity contribution is 6.74. The van der Waals surface area contributed by atoms with Gasteiger partial charge in [0, 0.05) is 44.8 Å². The van der Waals surface area contributed by atoms with Gasteiger partial charge in [0.05, 0.1) is 34.4 Å². The third-order valence-corrected chi connectivity index (χ3v) is 14.3. The summed E-state index contributed by atoms with van der Waals surface area (Å²) in [6, 6.07) is 8.87. The highest BCUT2D eigenvalue weighted by Gasteiger charge is 2.40. The second-order valence-corrected chi connectivity index (χ2v) is 18.8. The van der Waals surface area contributed by atoms with Gasteiger partial charge in [-0.05, 0) is 87.5 Å². The monoisotopic (exact) mass is 608 g/mol. The lowest BCUT2D eigenvalue weighted by Crippen LogP contribution is -2.49. The number of ether oxygens (including phenoxy) is 1. The number of nitrogens with zero attached hydrogens (tertiary/aromatic N) is 3. The molecule has 2 aliphatic heterocycles. The van der Waals surface area contributed by atoms with Gasteiger partial charge < -0.3 is 19.4 Å². The van der Waals surface area contributed by atoms with Crippen LogP contribution in [0.15, 0.2) is 35.1 Å². The van der Waals surface area contributed by atoms with E-state index in [0.717, 1.165) is 72.6 Å². The van der Waals surface area contributed by atoms with Crippen LogP contribution >= 0.6 is 0 Å². The van der Waals surface area contributed by atoms with Crippen LogP contribution in [0.25, 0.3) is 10.9 Å². The van der Waals surface area contributed by atoms with E-state index in [4.69, 9.17) is 14.1 Å². The standard InChI is InChI=1S/C34H49FN4O3Si/c1-22-18-27(31-28(19-22)33(40)38(6)32(37-31)24-13-16-41-17-14-24)23(2)36-29-12-11-25(35)20-30(29)39-15-9-10-26(21-39)42-43(7,8)34(3,4)5/h11-12,18-20,23-24,26,36H,9-10,13-17,21H2,1-8H3/t23-,26+/m1/s1. The van der Waals surface area contributed by atoms with Crippen molar-refractivity contribution >= 4 is 30.6 Å². The van der Waals surface area contributed by atoms with E-state index in [1.165, 1.54) is 6.07 Å². The second-order valence-electron chi connectivity index (χ2n) is 14.1. The molecule has 2 fully saturated rings. The van der Waals surface area contributed by atoms with Crippen molar-refractivity contribution in [3.8, 4) is 0 Å². The van der Waals surface area contributed by atoms with Gasteiger partial charge in [-0.3, -0.25) is 9.36 Å². The average molecular weight is 609 g/mol. The molecular formula is C34H49FN4O3Si. The minimum absolute atomic E-state index is 0.0211. The van der Waals surface area contributed by atoms with Gasteiger partial charge >= 0.3 is 0 Å². The van der Waals surface area contributed by atoms with E-state index in [-0.39, 0.29) is 34.5 Å². The summed E-state index contributed by atoms with van der Waals surface area (Å²) in [5, 5.41) is 4.44. The molecule has 1 N–H and O–H groups in total. The van der Waals surface area contributed by atoms with E-state index >= 15 is 0 Å². The molecule has 43 heavy (non-hydrogen) atoms. The number of fused-ring (bicyclic) bond motifs is 1. The van der Waals surface area contributed by atoms with Crippen molar-refractivity contribution in [1.82, 2.24) is 9.55 Å². The Morgan fingerprint density at radius 3 is 2.56 bits per heavy atom. The Hall–Kier alpha value is -2.75. The molecule has 2 aliphatic rings. The third-order valence-electron chi connectivity index (χ3n) is 9.76. The minimum Gasteiger partial charge on any atom is -0.412 e. The molecule has 2 atom stereocenters. The summed E-state index contributed by atoms with van der Waals surface area (Å²) in [6.45, 7) is 18.4. The minimum atomic E-state index is -1.93. The molecule has 1 aromatic heterocycles. The first-order valence-electron chi connectivity index (χ1n) is 15.8. The number of halogens is 1. The van der Waals surface area contributed by atoms with Gasteiger partial charge in [-0.1, -0.05) is 26.8 Å². The molecule has 5 rings (SSSR count). The summed E-state index contributed by atoms with van der Waals surface area (Å²) in [5.41, 5.74) is 4.40. The average Bonchev–Trinajstić information content (AvgIpc) is 2.95. The van der Waals surface area contributed by atoms with E-state index in [9.17, 15) is 9.18 Å². The van der Waals surface area contributed by atoms with Crippen LogP contribution < -0.4 is 15.8 Å². The molecule has 7 nitrogen and oxygen atoms in total. The Kier molecular flexibility index (Phi) is 9.08. The van der Waals surface area contributed by atoms with Gasteiger partial charge in [0.15, 0.2) is 8.32 Å². The van der Waals surface area contributed by atoms with Crippen LogP contribution in [0.3, 0.4) is 0 Å². The number of rotatable bonds is 7. The summed E-state index contributed by atoms with van der Waals surface area (Å²) in [7, 11) is -0.105. The maximum Gasteiger partial charge on any atom is 0.261 e. The van der Waals surface area contributed by atoms with Crippen molar-refractivity contribution in [2.24, 2.45) is 7.05 Å². The first kappa shape index (κ1) is 31.7. The molecule has 0 spiro atoms. The molecule has 0 bridgehead atoms. The van der Waals surface area contributed by atoms with Gasteiger partial charge in [0.1, 0.15) is 11.6 Å². The molecule has 2 aromatic carbocycles. The zero-order chi connectivity index (χ0) is 31.1. The van der Waals surface area contributed by atoms with E-state index in [1.807, 2.05) is 26.1 Å². The van der Waals surface area contributed by atoms with Crippen molar-refractivity contribution in [3.63, 3.8) is 0 Å². The number of hydrogen-bond acceptors (Lipinski definition) is 6. The zero-order valence-corrected chi connectivity index (χ0v) is 28.2.